The normalized spacial score (nSPS) is 16.1. The van der Waals surface area contributed by atoms with Gasteiger partial charge >= 0.3 is 0 Å². The Morgan fingerprint density at radius 1 is 1.18 bits per heavy atom. The third kappa shape index (κ3) is 3.08. The molecule has 0 saturated carbocycles. The lowest BCUT2D eigenvalue weighted by Gasteiger charge is -2.28. The molecule has 144 valence electrons. The number of aromatic nitrogens is 3. The summed E-state index contributed by atoms with van der Waals surface area (Å²) in [5.74, 6) is -0.131. The number of carbonyl (C=O) groups excluding carboxylic acids is 1. The first-order valence-electron chi connectivity index (χ1n) is 9.05. The maximum Gasteiger partial charge on any atom is 0.273 e. The molecular formula is C21H22N4O3. The van der Waals surface area contributed by atoms with Crippen molar-refractivity contribution in [3.8, 4) is 11.3 Å². The second-order valence-corrected chi connectivity index (χ2v) is 6.77. The summed E-state index contributed by atoms with van der Waals surface area (Å²) >= 11 is 0. The number of aromatic amines is 1. The Morgan fingerprint density at radius 2 is 1.93 bits per heavy atom. The maximum absolute atomic E-state index is 13.2. The molecule has 0 saturated heterocycles. The SMILES string of the molecule is COC(CN1C(=O)c2[nH]nc(-c3ccc(C)cc3)c2C1c1cccnc1)OC. The Kier molecular flexibility index (Phi) is 4.93. The van der Waals surface area contributed by atoms with Gasteiger partial charge in [-0.3, -0.25) is 14.9 Å². The van der Waals surface area contributed by atoms with Crippen molar-refractivity contribution in [1.29, 1.82) is 0 Å². The van der Waals surface area contributed by atoms with Crippen molar-refractivity contribution < 1.29 is 14.3 Å². The van der Waals surface area contributed by atoms with Crippen molar-refractivity contribution in [2.75, 3.05) is 20.8 Å². The van der Waals surface area contributed by atoms with Crippen LogP contribution in [-0.4, -0.2) is 53.0 Å². The Labute approximate surface area is 163 Å². The van der Waals surface area contributed by atoms with E-state index >= 15 is 0 Å². The predicted octanol–water partition coefficient (Wildman–Crippen LogP) is 2.94. The number of ether oxygens (including phenoxy) is 2. The van der Waals surface area contributed by atoms with Crippen LogP contribution in [0, 0.1) is 6.92 Å². The van der Waals surface area contributed by atoms with Crippen molar-refractivity contribution in [2.24, 2.45) is 0 Å². The standard InChI is InChI=1S/C21H22N4O3/c1-13-6-8-14(9-7-13)18-17-19(24-23-18)21(26)25(12-16(27-2)28-3)20(17)15-5-4-10-22-11-15/h4-11,16,20H,12H2,1-3H3,(H,23,24). The van der Waals surface area contributed by atoms with Crippen LogP contribution < -0.4 is 0 Å². The predicted molar refractivity (Wildman–Crippen MR) is 104 cm³/mol. The summed E-state index contributed by atoms with van der Waals surface area (Å²) in [4.78, 5) is 19.2. The quantitative estimate of drug-likeness (QED) is 0.667. The topological polar surface area (TPSA) is 80.3 Å². The van der Waals surface area contributed by atoms with Gasteiger partial charge in [-0.15, -0.1) is 0 Å². The first-order valence-corrected chi connectivity index (χ1v) is 9.05. The van der Waals surface area contributed by atoms with Crippen LogP contribution in [0.3, 0.4) is 0 Å². The number of nitrogens with one attached hydrogen (secondary N) is 1. The molecule has 0 bridgehead atoms. The van der Waals surface area contributed by atoms with E-state index in [-0.39, 0.29) is 11.9 Å². The van der Waals surface area contributed by atoms with E-state index in [1.165, 1.54) is 5.56 Å². The van der Waals surface area contributed by atoms with E-state index in [1.54, 1.807) is 31.5 Å². The highest BCUT2D eigenvalue weighted by atomic mass is 16.7. The van der Waals surface area contributed by atoms with Crippen molar-refractivity contribution in [2.45, 2.75) is 19.3 Å². The summed E-state index contributed by atoms with van der Waals surface area (Å²) in [6, 6.07) is 11.6. The lowest BCUT2D eigenvalue weighted by molar-refractivity contribution is -0.113. The summed E-state index contributed by atoms with van der Waals surface area (Å²) in [6.07, 6.45) is 2.97. The minimum absolute atomic E-state index is 0.131. The molecule has 3 heterocycles. The highest BCUT2D eigenvalue weighted by molar-refractivity contribution is 6.00. The van der Waals surface area contributed by atoms with Gasteiger partial charge in [0.2, 0.25) is 0 Å². The smallest absolute Gasteiger partial charge is 0.273 e. The molecule has 1 amide bonds. The van der Waals surface area contributed by atoms with E-state index in [0.717, 1.165) is 22.4 Å². The number of amides is 1. The number of pyridine rings is 1. The van der Waals surface area contributed by atoms with E-state index < -0.39 is 6.29 Å². The fraction of sp³-hybridized carbons (Fsp3) is 0.286. The molecule has 1 aliphatic rings. The molecule has 0 spiro atoms. The molecule has 0 aliphatic carbocycles. The number of fused-ring (bicyclic) bond motifs is 1. The number of hydrogen-bond donors (Lipinski definition) is 1. The van der Waals surface area contributed by atoms with Crippen LogP contribution in [0.25, 0.3) is 11.3 Å². The van der Waals surface area contributed by atoms with Gasteiger partial charge in [0.05, 0.1) is 18.3 Å². The Morgan fingerprint density at radius 3 is 2.57 bits per heavy atom. The summed E-state index contributed by atoms with van der Waals surface area (Å²) in [7, 11) is 3.12. The number of rotatable bonds is 6. The molecule has 7 nitrogen and oxygen atoms in total. The summed E-state index contributed by atoms with van der Waals surface area (Å²) in [5, 5.41) is 7.41. The summed E-state index contributed by atoms with van der Waals surface area (Å²) in [5.41, 5.74) is 5.16. The summed E-state index contributed by atoms with van der Waals surface area (Å²) < 4.78 is 10.7. The fourth-order valence-electron chi connectivity index (χ4n) is 3.61. The number of benzene rings is 1. The van der Waals surface area contributed by atoms with Crippen LogP contribution in [0.5, 0.6) is 0 Å². The maximum atomic E-state index is 13.2. The number of H-pyrrole nitrogens is 1. The average molecular weight is 378 g/mol. The first-order chi connectivity index (χ1) is 13.6. The monoisotopic (exact) mass is 378 g/mol. The van der Waals surface area contributed by atoms with Crippen LogP contribution in [0.1, 0.15) is 33.2 Å². The Balaban J connectivity index is 1.83. The van der Waals surface area contributed by atoms with Crippen LogP contribution in [0.15, 0.2) is 48.8 Å². The second-order valence-electron chi connectivity index (χ2n) is 6.77. The molecule has 28 heavy (non-hydrogen) atoms. The number of nitrogens with zero attached hydrogens (tertiary/aromatic N) is 3. The molecule has 1 aliphatic heterocycles. The molecule has 4 rings (SSSR count). The van der Waals surface area contributed by atoms with Gasteiger partial charge in [-0.05, 0) is 18.6 Å². The van der Waals surface area contributed by atoms with Gasteiger partial charge in [0, 0.05) is 37.7 Å². The largest absolute Gasteiger partial charge is 0.354 e. The van der Waals surface area contributed by atoms with Crippen LogP contribution in [0.4, 0.5) is 0 Å². The van der Waals surface area contributed by atoms with E-state index in [4.69, 9.17) is 9.47 Å². The molecule has 7 heteroatoms. The van der Waals surface area contributed by atoms with E-state index in [2.05, 4.69) is 15.2 Å². The minimum Gasteiger partial charge on any atom is -0.354 e. The summed E-state index contributed by atoms with van der Waals surface area (Å²) in [6.45, 7) is 2.33. The number of methoxy groups -OCH3 is 2. The molecule has 3 aromatic rings. The molecule has 1 unspecified atom stereocenters. The number of aryl methyl sites for hydroxylation is 1. The minimum atomic E-state index is -0.525. The third-order valence-corrected chi connectivity index (χ3v) is 5.06. The van der Waals surface area contributed by atoms with Crippen molar-refractivity contribution in [1.82, 2.24) is 20.1 Å². The van der Waals surface area contributed by atoms with Crippen molar-refractivity contribution in [3.05, 3.63) is 71.2 Å². The first kappa shape index (κ1) is 18.3. The van der Waals surface area contributed by atoms with Gasteiger partial charge in [-0.1, -0.05) is 35.9 Å². The number of hydrogen-bond acceptors (Lipinski definition) is 5. The van der Waals surface area contributed by atoms with Gasteiger partial charge in [0.1, 0.15) is 5.69 Å². The van der Waals surface area contributed by atoms with Gasteiger partial charge < -0.3 is 14.4 Å². The molecule has 1 aromatic carbocycles. The zero-order chi connectivity index (χ0) is 19.7. The molecule has 0 fully saturated rings. The van der Waals surface area contributed by atoms with E-state index in [9.17, 15) is 4.79 Å². The average Bonchev–Trinajstić information content (AvgIpc) is 3.26. The zero-order valence-corrected chi connectivity index (χ0v) is 16.0. The van der Waals surface area contributed by atoms with Gasteiger partial charge in [0.25, 0.3) is 5.91 Å². The van der Waals surface area contributed by atoms with E-state index in [0.29, 0.717) is 12.2 Å². The second kappa shape index (κ2) is 7.53. The van der Waals surface area contributed by atoms with Crippen molar-refractivity contribution in [3.63, 3.8) is 0 Å². The zero-order valence-electron chi connectivity index (χ0n) is 16.0. The lowest BCUT2D eigenvalue weighted by atomic mass is 9.97. The van der Waals surface area contributed by atoms with Crippen LogP contribution in [0.2, 0.25) is 0 Å². The van der Waals surface area contributed by atoms with Crippen LogP contribution >= 0.6 is 0 Å². The highest BCUT2D eigenvalue weighted by Crippen LogP contribution is 2.42. The van der Waals surface area contributed by atoms with Crippen LogP contribution in [-0.2, 0) is 9.47 Å². The molecular weight excluding hydrogens is 356 g/mol. The molecule has 1 atom stereocenters. The van der Waals surface area contributed by atoms with Gasteiger partial charge in [-0.2, -0.15) is 5.10 Å². The van der Waals surface area contributed by atoms with Crippen molar-refractivity contribution >= 4 is 5.91 Å². The Hall–Kier alpha value is -3.03. The Bertz CT molecular complexity index is 965. The number of carbonyl (C=O) groups is 1. The van der Waals surface area contributed by atoms with E-state index in [1.807, 2.05) is 43.3 Å². The molecule has 0 radical (unpaired) electrons. The fourth-order valence-corrected chi connectivity index (χ4v) is 3.61. The molecule has 2 aromatic heterocycles. The third-order valence-electron chi connectivity index (χ3n) is 5.06. The highest BCUT2D eigenvalue weighted by Gasteiger charge is 2.43. The lowest BCUT2D eigenvalue weighted by Crippen LogP contribution is -2.38. The van der Waals surface area contributed by atoms with Gasteiger partial charge in [-0.25, -0.2) is 0 Å². The van der Waals surface area contributed by atoms with Gasteiger partial charge in [0.15, 0.2) is 6.29 Å². The molecule has 1 N–H and O–H groups in total.